The van der Waals surface area contributed by atoms with Crippen molar-refractivity contribution in [3.05, 3.63) is 0 Å². The molecule has 1 N–H and O–H groups in total. The summed E-state index contributed by atoms with van der Waals surface area (Å²) in [7, 11) is 0. The van der Waals surface area contributed by atoms with Crippen molar-refractivity contribution in [3.8, 4) is 0 Å². The first-order valence-electron chi connectivity index (χ1n) is 2.52. The first-order valence-corrected chi connectivity index (χ1v) is 2.96. The second kappa shape index (κ2) is 3.72. The third-order valence-electron chi connectivity index (χ3n) is 0.839. The van der Waals surface area contributed by atoms with Gasteiger partial charge in [0.25, 0.3) is 0 Å². The molecule has 0 rings (SSSR count). The molecule has 1 atom stereocenters. The van der Waals surface area contributed by atoms with Crippen LogP contribution >= 0.6 is 11.6 Å². The van der Waals surface area contributed by atoms with Crippen molar-refractivity contribution in [3.63, 3.8) is 0 Å². The molecule has 0 saturated carbocycles. The van der Waals surface area contributed by atoms with Crippen molar-refractivity contribution in [1.29, 1.82) is 0 Å². The van der Waals surface area contributed by atoms with Gasteiger partial charge in [0.1, 0.15) is 0 Å². The average Bonchev–Trinajstić information content (AvgIpc) is 1.65. The normalized spacial score (nSPS) is 13.2. The Morgan fingerprint density at radius 3 is 2.50 bits per heavy atom. The van der Waals surface area contributed by atoms with Gasteiger partial charge in [-0.15, -0.1) is 11.6 Å². The maximum atomic E-state index is 9.88. The van der Waals surface area contributed by atoms with Crippen LogP contribution in [0.25, 0.3) is 0 Å². The van der Waals surface area contributed by atoms with Gasteiger partial charge < -0.3 is 5.11 Å². The van der Waals surface area contributed by atoms with Gasteiger partial charge in [0, 0.05) is 5.38 Å². The molecule has 0 amide bonds. The monoisotopic (exact) mass is 136 g/mol. The molecule has 0 aromatic carbocycles. The van der Waals surface area contributed by atoms with Crippen molar-refractivity contribution in [2.75, 3.05) is 0 Å². The van der Waals surface area contributed by atoms with Crippen molar-refractivity contribution < 1.29 is 9.90 Å². The molecule has 8 heavy (non-hydrogen) atoms. The molecule has 0 aromatic rings. The largest absolute Gasteiger partial charge is 0.481 e. The SMILES string of the molecule is CC[C@H](Cl)CC(=O)O. The van der Waals surface area contributed by atoms with Gasteiger partial charge in [-0.05, 0) is 6.42 Å². The van der Waals surface area contributed by atoms with E-state index in [0.717, 1.165) is 0 Å². The molecule has 2 nitrogen and oxygen atoms in total. The number of rotatable bonds is 3. The van der Waals surface area contributed by atoms with Crippen molar-refractivity contribution in [1.82, 2.24) is 0 Å². The number of halogens is 1. The molecule has 0 saturated heterocycles. The van der Waals surface area contributed by atoms with E-state index in [-0.39, 0.29) is 11.8 Å². The molecule has 0 aliphatic heterocycles. The number of carbonyl (C=O) groups is 1. The van der Waals surface area contributed by atoms with Crippen LogP contribution in [0.1, 0.15) is 19.8 Å². The van der Waals surface area contributed by atoms with Gasteiger partial charge in [-0.25, -0.2) is 0 Å². The first-order chi connectivity index (χ1) is 3.66. The third-order valence-corrected chi connectivity index (χ3v) is 1.30. The van der Waals surface area contributed by atoms with E-state index >= 15 is 0 Å². The van der Waals surface area contributed by atoms with Gasteiger partial charge in [0.05, 0.1) is 6.42 Å². The second-order valence-corrected chi connectivity index (χ2v) is 2.22. The molecule has 0 heterocycles. The Morgan fingerprint density at radius 1 is 1.88 bits per heavy atom. The van der Waals surface area contributed by atoms with Crippen LogP contribution in [-0.2, 0) is 4.79 Å². The fourth-order valence-electron chi connectivity index (χ4n) is 0.334. The Bertz CT molecular complexity index is 82.5. The summed E-state index contributed by atoms with van der Waals surface area (Å²) in [5, 5.41) is 7.93. The topological polar surface area (TPSA) is 37.3 Å². The van der Waals surface area contributed by atoms with Crippen LogP contribution in [0.5, 0.6) is 0 Å². The number of hydrogen-bond acceptors (Lipinski definition) is 1. The summed E-state index contributed by atoms with van der Waals surface area (Å²) in [6.45, 7) is 1.86. The van der Waals surface area contributed by atoms with Crippen LogP contribution in [0.3, 0.4) is 0 Å². The molecule has 0 bridgehead atoms. The molecule has 0 fully saturated rings. The van der Waals surface area contributed by atoms with Crippen LogP contribution in [0, 0.1) is 0 Å². The molecule has 48 valence electrons. The van der Waals surface area contributed by atoms with Gasteiger partial charge in [-0.2, -0.15) is 0 Å². The van der Waals surface area contributed by atoms with Gasteiger partial charge in [-0.3, -0.25) is 4.79 Å². The number of carboxylic acids is 1. The molecule has 0 radical (unpaired) electrons. The quantitative estimate of drug-likeness (QED) is 0.597. The van der Waals surface area contributed by atoms with E-state index in [9.17, 15) is 4.79 Å². The van der Waals surface area contributed by atoms with E-state index in [1.165, 1.54) is 0 Å². The fraction of sp³-hybridized carbons (Fsp3) is 0.800. The highest BCUT2D eigenvalue weighted by atomic mass is 35.5. The number of aliphatic carboxylic acids is 1. The molecule has 0 spiro atoms. The highest BCUT2D eigenvalue weighted by Gasteiger charge is 2.05. The summed E-state index contributed by atoms with van der Waals surface area (Å²) in [4.78, 5) is 9.88. The Kier molecular flexibility index (Phi) is 3.61. The maximum absolute atomic E-state index is 9.88. The Balaban J connectivity index is 3.24. The lowest BCUT2D eigenvalue weighted by atomic mass is 10.2. The van der Waals surface area contributed by atoms with Crippen LogP contribution in [0.4, 0.5) is 0 Å². The Labute approximate surface area is 53.5 Å². The lowest BCUT2D eigenvalue weighted by Gasteiger charge is -1.98. The molecular weight excluding hydrogens is 128 g/mol. The zero-order chi connectivity index (χ0) is 6.57. The number of alkyl halides is 1. The smallest absolute Gasteiger partial charge is 0.304 e. The standard InChI is InChI=1S/C5H9ClO2/c1-2-4(6)3-5(7)8/h4H,2-3H2,1H3,(H,7,8)/t4-/m0/s1. The zero-order valence-corrected chi connectivity index (χ0v) is 5.48. The molecule has 0 unspecified atom stereocenters. The van der Waals surface area contributed by atoms with Gasteiger partial charge in [-0.1, -0.05) is 6.92 Å². The summed E-state index contributed by atoms with van der Waals surface area (Å²) in [6, 6.07) is 0. The van der Waals surface area contributed by atoms with E-state index in [1.807, 2.05) is 6.92 Å². The van der Waals surface area contributed by atoms with Crippen molar-refractivity contribution >= 4 is 17.6 Å². The summed E-state index contributed by atoms with van der Waals surface area (Å²) in [5.41, 5.74) is 0. The van der Waals surface area contributed by atoms with E-state index in [4.69, 9.17) is 16.7 Å². The lowest BCUT2D eigenvalue weighted by molar-refractivity contribution is -0.137. The fourth-order valence-corrected chi connectivity index (χ4v) is 0.466. The minimum atomic E-state index is -0.827. The van der Waals surface area contributed by atoms with Crippen LogP contribution < -0.4 is 0 Å². The molecular formula is C5H9ClO2. The predicted octanol–water partition coefficient (Wildman–Crippen LogP) is 1.48. The van der Waals surface area contributed by atoms with E-state index < -0.39 is 5.97 Å². The van der Waals surface area contributed by atoms with Crippen molar-refractivity contribution in [2.45, 2.75) is 25.1 Å². The molecule has 0 aliphatic carbocycles. The van der Waals surface area contributed by atoms with Gasteiger partial charge in [0.15, 0.2) is 0 Å². The lowest BCUT2D eigenvalue weighted by Crippen LogP contribution is -2.04. The number of carboxylic acid groups (broad SMARTS) is 1. The van der Waals surface area contributed by atoms with Crippen LogP contribution in [0.15, 0.2) is 0 Å². The maximum Gasteiger partial charge on any atom is 0.304 e. The van der Waals surface area contributed by atoms with Gasteiger partial charge >= 0.3 is 5.97 Å². The molecule has 0 aliphatic rings. The first kappa shape index (κ1) is 7.76. The van der Waals surface area contributed by atoms with E-state index in [0.29, 0.717) is 6.42 Å². The molecule has 3 heteroatoms. The third kappa shape index (κ3) is 3.93. The predicted molar refractivity (Wildman–Crippen MR) is 32.2 cm³/mol. The highest BCUT2D eigenvalue weighted by molar-refractivity contribution is 6.21. The summed E-state index contributed by atoms with van der Waals surface area (Å²) < 4.78 is 0. The van der Waals surface area contributed by atoms with E-state index in [1.54, 1.807) is 0 Å². The van der Waals surface area contributed by atoms with E-state index in [2.05, 4.69) is 0 Å². The zero-order valence-electron chi connectivity index (χ0n) is 4.72. The summed E-state index contributed by atoms with van der Waals surface area (Å²) >= 11 is 5.48. The minimum Gasteiger partial charge on any atom is -0.481 e. The molecule has 0 aromatic heterocycles. The van der Waals surface area contributed by atoms with Crippen LogP contribution in [-0.4, -0.2) is 16.5 Å². The Morgan fingerprint density at radius 2 is 2.38 bits per heavy atom. The van der Waals surface area contributed by atoms with Crippen molar-refractivity contribution in [2.24, 2.45) is 0 Å². The second-order valence-electron chi connectivity index (χ2n) is 1.60. The summed E-state index contributed by atoms with van der Waals surface area (Å²) in [5.74, 6) is -0.827. The van der Waals surface area contributed by atoms with Crippen LogP contribution in [0.2, 0.25) is 0 Å². The summed E-state index contributed by atoms with van der Waals surface area (Å²) in [6.07, 6.45) is 0.784. The number of hydrogen-bond donors (Lipinski definition) is 1. The average molecular weight is 137 g/mol. The minimum absolute atomic E-state index is 0.0675. The van der Waals surface area contributed by atoms with Gasteiger partial charge in [0.2, 0.25) is 0 Å². The Hall–Kier alpha value is -0.240. The highest BCUT2D eigenvalue weighted by Crippen LogP contribution is 2.04.